The molecule has 0 fully saturated rings. The normalized spacial score (nSPS) is 13.3. The Bertz CT molecular complexity index is 448. The Hall–Kier alpha value is -2.15. The number of rotatable bonds is 6. The fraction of sp³-hybridized carbons (Fsp3) is 0.364. The molecular formula is C11H16N4O3. The number of nitrogens with two attached hydrogens (primary N) is 1. The molecule has 0 aliphatic carbocycles. The van der Waals surface area contributed by atoms with Crippen LogP contribution in [0, 0.1) is 10.1 Å². The van der Waals surface area contributed by atoms with Crippen LogP contribution in [-0.4, -0.2) is 22.0 Å². The highest BCUT2D eigenvalue weighted by molar-refractivity contribution is 5.85. The van der Waals surface area contributed by atoms with Crippen molar-refractivity contribution in [2.45, 2.75) is 25.9 Å². The second-order valence-corrected chi connectivity index (χ2v) is 3.75. The SMILES string of the molecule is CCC(NCc1ccccc1[N+](=O)[O-])C(N)=NO. The van der Waals surface area contributed by atoms with E-state index >= 15 is 0 Å². The van der Waals surface area contributed by atoms with Gasteiger partial charge in [0.15, 0.2) is 5.84 Å². The molecular weight excluding hydrogens is 236 g/mol. The van der Waals surface area contributed by atoms with E-state index in [1.165, 1.54) is 6.07 Å². The molecule has 1 aromatic carbocycles. The molecule has 1 unspecified atom stereocenters. The van der Waals surface area contributed by atoms with Crippen molar-refractivity contribution in [3.05, 3.63) is 39.9 Å². The fourth-order valence-electron chi connectivity index (χ4n) is 1.60. The number of hydrogen-bond donors (Lipinski definition) is 3. The highest BCUT2D eigenvalue weighted by atomic mass is 16.6. The van der Waals surface area contributed by atoms with Crippen molar-refractivity contribution in [1.82, 2.24) is 5.32 Å². The van der Waals surface area contributed by atoms with E-state index in [4.69, 9.17) is 10.9 Å². The van der Waals surface area contributed by atoms with Crippen LogP contribution in [0.4, 0.5) is 5.69 Å². The van der Waals surface area contributed by atoms with E-state index in [9.17, 15) is 10.1 Å². The summed E-state index contributed by atoms with van der Waals surface area (Å²) < 4.78 is 0. The first-order valence-corrected chi connectivity index (χ1v) is 5.53. The van der Waals surface area contributed by atoms with Gasteiger partial charge in [0.25, 0.3) is 5.69 Å². The van der Waals surface area contributed by atoms with E-state index in [1.54, 1.807) is 18.2 Å². The van der Waals surface area contributed by atoms with Crippen molar-refractivity contribution in [2.75, 3.05) is 0 Å². The molecule has 18 heavy (non-hydrogen) atoms. The van der Waals surface area contributed by atoms with E-state index in [0.29, 0.717) is 12.0 Å². The lowest BCUT2D eigenvalue weighted by Gasteiger charge is -2.15. The largest absolute Gasteiger partial charge is 0.409 e. The fourth-order valence-corrected chi connectivity index (χ4v) is 1.60. The van der Waals surface area contributed by atoms with Crippen LogP contribution in [-0.2, 0) is 6.54 Å². The summed E-state index contributed by atoms with van der Waals surface area (Å²) in [4.78, 5) is 10.4. The second-order valence-electron chi connectivity index (χ2n) is 3.75. The van der Waals surface area contributed by atoms with Crippen LogP contribution in [0.2, 0.25) is 0 Å². The van der Waals surface area contributed by atoms with Gasteiger partial charge in [0, 0.05) is 18.2 Å². The Balaban J connectivity index is 2.77. The molecule has 7 heteroatoms. The monoisotopic (exact) mass is 252 g/mol. The van der Waals surface area contributed by atoms with Gasteiger partial charge in [-0.2, -0.15) is 0 Å². The van der Waals surface area contributed by atoms with Crippen molar-refractivity contribution < 1.29 is 10.1 Å². The van der Waals surface area contributed by atoms with E-state index < -0.39 is 4.92 Å². The Kier molecular flexibility index (Phi) is 5.06. The maximum atomic E-state index is 10.8. The molecule has 0 amide bonds. The first kappa shape index (κ1) is 13.9. The molecule has 1 aromatic rings. The van der Waals surface area contributed by atoms with Crippen LogP contribution in [0.5, 0.6) is 0 Å². The molecule has 0 spiro atoms. The summed E-state index contributed by atoms with van der Waals surface area (Å²) in [5.74, 6) is 0.0658. The number of para-hydroxylation sites is 1. The lowest BCUT2D eigenvalue weighted by molar-refractivity contribution is -0.385. The van der Waals surface area contributed by atoms with Crippen LogP contribution in [0.3, 0.4) is 0 Å². The van der Waals surface area contributed by atoms with E-state index in [2.05, 4.69) is 10.5 Å². The third kappa shape index (κ3) is 3.42. The molecule has 0 heterocycles. The smallest absolute Gasteiger partial charge is 0.273 e. The predicted molar refractivity (Wildman–Crippen MR) is 67.4 cm³/mol. The van der Waals surface area contributed by atoms with Crippen molar-refractivity contribution in [3.63, 3.8) is 0 Å². The number of nitro groups is 1. The van der Waals surface area contributed by atoms with Crippen molar-refractivity contribution in [1.29, 1.82) is 0 Å². The highest BCUT2D eigenvalue weighted by Crippen LogP contribution is 2.17. The molecule has 0 radical (unpaired) electrons. The zero-order chi connectivity index (χ0) is 13.5. The number of benzene rings is 1. The second kappa shape index (κ2) is 6.55. The average molecular weight is 252 g/mol. The molecule has 0 bridgehead atoms. The van der Waals surface area contributed by atoms with Crippen LogP contribution in [0.25, 0.3) is 0 Å². The summed E-state index contributed by atoms with van der Waals surface area (Å²) >= 11 is 0. The summed E-state index contributed by atoms with van der Waals surface area (Å²) in [6.45, 7) is 2.15. The molecule has 0 aliphatic rings. The minimum atomic E-state index is -0.429. The highest BCUT2D eigenvalue weighted by Gasteiger charge is 2.15. The minimum Gasteiger partial charge on any atom is -0.409 e. The first-order chi connectivity index (χ1) is 8.60. The standard InChI is InChI=1S/C11H16N4O3/c1-2-9(11(12)14-16)13-7-8-5-3-4-6-10(8)15(17)18/h3-6,9,13,16H,2,7H2,1H3,(H2,12,14). The van der Waals surface area contributed by atoms with Gasteiger partial charge < -0.3 is 16.3 Å². The van der Waals surface area contributed by atoms with Crippen molar-refractivity contribution in [3.8, 4) is 0 Å². The Morgan fingerprint density at radius 2 is 2.28 bits per heavy atom. The summed E-state index contributed by atoms with van der Waals surface area (Å²) in [5.41, 5.74) is 6.11. The van der Waals surface area contributed by atoms with Gasteiger partial charge in [-0.15, -0.1) is 0 Å². The third-order valence-corrected chi connectivity index (χ3v) is 2.61. The third-order valence-electron chi connectivity index (χ3n) is 2.61. The molecule has 1 rings (SSSR count). The van der Waals surface area contributed by atoms with Crippen LogP contribution in [0.1, 0.15) is 18.9 Å². The number of nitrogens with one attached hydrogen (secondary N) is 1. The lowest BCUT2D eigenvalue weighted by Crippen LogP contribution is -2.40. The molecule has 98 valence electrons. The van der Waals surface area contributed by atoms with E-state index in [-0.39, 0.29) is 24.1 Å². The van der Waals surface area contributed by atoms with Gasteiger partial charge in [-0.25, -0.2) is 0 Å². The van der Waals surface area contributed by atoms with Crippen LogP contribution in [0.15, 0.2) is 29.4 Å². The Morgan fingerprint density at radius 3 is 2.83 bits per heavy atom. The number of amidine groups is 1. The number of hydrogen-bond acceptors (Lipinski definition) is 5. The molecule has 4 N–H and O–H groups in total. The van der Waals surface area contributed by atoms with Gasteiger partial charge >= 0.3 is 0 Å². The zero-order valence-electron chi connectivity index (χ0n) is 10.0. The van der Waals surface area contributed by atoms with Gasteiger partial charge in [-0.05, 0) is 6.42 Å². The van der Waals surface area contributed by atoms with E-state index in [1.807, 2.05) is 6.92 Å². The van der Waals surface area contributed by atoms with Crippen molar-refractivity contribution in [2.24, 2.45) is 10.9 Å². The Labute approximate surface area is 104 Å². The lowest BCUT2D eigenvalue weighted by atomic mass is 10.1. The molecule has 0 saturated heterocycles. The Morgan fingerprint density at radius 1 is 1.61 bits per heavy atom. The minimum absolute atomic E-state index is 0.0550. The first-order valence-electron chi connectivity index (χ1n) is 5.53. The maximum absolute atomic E-state index is 10.8. The van der Waals surface area contributed by atoms with Gasteiger partial charge in [0.1, 0.15) is 0 Å². The molecule has 7 nitrogen and oxygen atoms in total. The summed E-state index contributed by atoms with van der Waals surface area (Å²) in [7, 11) is 0. The van der Waals surface area contributed by atoms with Gasteiger partial charge in [0.05, 0.1) is 11.0 Å². The van der Waals surface area contributed by atoms with Crippen LogP contribution < -0.4 is 11.1 Å². The number of oxime groups is 1. The van der Waals surface area contributed by atoms with Gasteiger partial charge in [0.2, 0.25) is 0 Å². The molecule has 0 saturated carbocycles. The van der Waals surface area contributed by atoms with E-state index in [0.717, 1.165) is 0 Å². The van der Waals surface area contributed by atoms with Crippen molar-refractivity contribution >= 4 is 11.5 Å². The molecule has 1 atom stereocenters. The average Bonchev–Trinajstić information content (AvgIpc) is 2.39. The maximum Gasteiger partial charge on any atom is 0.273 e. The number of nitrogens with zero attached hydrogens (tertiary/aromatic N) is 2. The van der Waals surface area contributed by atoms with Gasteiger partial charge in [-0.3, -0.25) is 10.1 Å². The quantitative estimate of drug-likeness (QED) is 0.231. The van der Waals surface area contributed by atoms with Crippen LogP contribution >= 0.6 is 0 Å². The molecule has 0 aromatic heterocycles. The molecule has 0 aliphatic heterocycles. The topological polar surface area (TPSA) is 114 Å². The summed E-state index contributed by atoms with van der Waals surface area (Å²) in [6, 6.07) is 6.15. The zero-order valence-corrected chi connectivity index (χ0v) is 10.0. The summed E-state index contributed by atoms with van der Waals surface area (Å²) in [6.07, 6.45) is 0.622. The van der Waals surface area contributed by atoms with Gasteiger partial charge in [-0.1, -0.05) is 30.3 Å². The summed E-state index contributed by atoms with van der Waals surface area (Å²) in [5, 5.41) is 25.3. The number of nitro benzene ring substituents is 1. The predicted octanol–water partition coefficient (Wildman–Crippen LogP) is 1.21.